The number of aromatic nitrogens is 12. The molecule has 12 heterocycles. The highest BCUT2D eigenvalue weighted by molar-refractivity contribution is 7.90. The minimum atomic E-state index is -3.83. The highest BCUT2D eigenvalue weighted by Crippen LogP contribution is 2.32. The number of H-pyrrole nitrogens is 1. The number of nitrogens with zero attached hydrogens (tertiary/aromatic N) is 11. The summed E-state index contributed by atoms with van der Waals surface area (Å²) in [7, 11) is 1.71. The molecule has 0 bridgehead atoms. The Bertz CT molecular complexity index is 5610. The number of rotatable bonds is 23. The molecular formula is C77H70Cl3N13O11S2. The van der Waals surface area contributed by atoms with Crippen molar-refractivity contribution in [3.05, 3.63) is 284 Å². The average molecular weight is 1520 g/mol. The van der Waals surface area contributed by atoms with Crippen LogP contribution in [0.2, 0.25) is 15.1 Å². The number of nitrogen functional groups attached to an aromatic ring is 1. The van der Waals surface area contributed by atoms with Gasteiger partial charge in [-0.15, -0.1) is 0 Å². The predicted molar refractivity (Wildman–Crippen MR) is 406 cm³/mol. The van der Waals surface area contributed by atoms with Crippen LogP contribution in [0.1, 0.15) is 66.3 Å². The largest absolute Gasteiger partial charge is 0.481 e. The number of halogens is 3. The molecule has 12 aromatic heterocycles. The SMILES string of the molecule is COc1ccc(C=O)c(OC)n1.COc1ccc(CCc2ccc(Cc3c[nH]c4ncc(Cl)cc34)cn2)c(OC)n1.COc1ccc(CCc2ccc(Cc3cn(S(=O)(=O)c4ccccc4)c4ncc(Cl)cc34)cn2)c(OC)n1.Nc1ccc(Cc2cn(S(=O)(=O)c3ccccc3)c3ncc(Cl)cc23)cn1. The number of hydrogen-bond donors (Lipinski definition) is 2. The molecule has 14 aromatic rings. The predicted octanol–water partition coefficient (Wildman–Crippen LogP) is 13.9. The number of hydrogen-bond acceptors (Lipinski definition) is 21. The van der Waals surface area contributed by atoms with Crippen molar-refractivity contribution in [3.8, 4) is 35.3 Å². The number of carbonyl (C=O) groups excluding carboxylic acids is 1. The van der Waals surface area contributed by atoms with Gasteiger partial charge in [0.05, 0.1) is 73.1 Å². The zero-order valence-corrected chi connectivity index (χ0v) is 62.0. The number of aldehydes is 1. The lowest BCUT2D eigenvalue weighted by Gasteiger charge is -2.09. The molecule has 0 radical (unpaired) electrons. The molecule has 29 heteroatoms. The van der Waals surface area contributed by atoms with Gasteiger partial charge in [0.1, 0.15) is 11.5 Å². The number of nitrogens with two attached hydrogens (primary N) is 1. The molecule has 2 aromatic carbocycles. The van der Waals surface area contributed by atoms with Crippen LogP contribution in [0.4, 0.5) is 5.82 Å². The Kier molecular flexibility index (Phi) is 24.8. The van der Waals surface area contributed by atoms with Crippen molar-refractivity contribution in [2.45, 2.75) is 54.7 Å². The molecule has 0 fully saturated rings. The lowest BCUT2D eigenvalue weighted by atomic mass is 10.1. The fraction of sp³-hybridized carbons (Fsp3) is 0.169. The molecule has 542 valence electrons. The normalized spacial score (nSPS) is 11.2. The quantitative estimate of drug-likeness (QED) is 0.0562. The maximum absolute atomic E-state index is 13.4. The Morgan fingerprint density at radius 3 is 1.25 bits per heavy atom. The summed E-state index contributed by atoms with van der Waals surface area (Å²) in [5.74, 6) is 3.31. The van der Waals surface area contributed by atoms with Crippen LogP contribution in [0.25, 0.3) is 33.1 Å². The first-order chi connectivity index (χ1) is 51.3. The maximum atomic E-state index is 13.4. The van der Waals surface area contributed by atoms with E-state index in [4.69, 9.17) is 69.0 Å². The topological polar surface area (TPSA) is 308 Å². The summed E-state index contributed by atoms with van der Waals surface area (Å²) in [6.45, 7) is 0. The minimum absolute atomic E-state index is 0.190. The van der Waals surface area contributed by atoms with Gasteiger partial charge >= 0.3 is 0 Å². The van der Waals surface area contributed by atoms with Crippen molar-refractivity contribution in [2.24, 2.45) is 0 Å². The van der Waals surface area contributed by atoms with Gasteiger partial charge in [0.25, 0.3) is 20.0 Å². The molecule has 0 aliphatic heterocycles. The van der Waals surface area contributed by atoms with Gasteiger partial charge in [0.2, 0.25) is 35.3 Å². The van der Waals surface area contributed by atoms with Crippen molar-refractivity contribution in [1.29, 1.82) is 0 Å². The molecule has 3 N–H and O–H groups in total. The van der Waals surface area contributed by atoms with E-state index in [1.54, 1.807) is 144 Å². The van der Waals surface area contributed by atoms with Gasteiger partial charge in [0, 0.05) is 132 Å². The summed E-state index contributed by atoms with van der Waals surface area (Å²) in [4.78, 5) is 52.8. The number of pyridine rings is 9. The molecule has 0 saturated carbocycles. The summed E-state index contributed by atoms with van der Waals surface area (Å²) in [5, 5.41) is 3.91. The third kappa shape index (κ3) is 18.3. The summed E-state index contributed by atoms with van der Waals surface area (Å²) in [6.07, 6.45) is 20.5. The van der Waals surface area contributed by atoms with Crippen molar-refractivity contribution < 1.29 is 50.1 Å². The monoisotopic (exact) mass is 1520 g/mol. The zero-order valence-electron chi connectivity index (χ0n) is 58.1. The number of ether oxygens (including phenoxy) is 6. The van der Waals surface area contributed by atoms with E-state index in [2.05, 4.69) is 62.0 Å². The number of benzene rings is 2. The van der Waals surface area contributed by atoms with Crippen LogP contribution in [0.5, 0.6) is 35.3 Å². The Labute approximate surface area is 626 Å². The lowest BCUT2D eigenvalue weighted by Crippen LogP contribution is -2.12. The van der Waals surface area contributed by atoms with Crippen LogP contribution in [0.15, 0.2) is 217 Å². The Hall–Kier alpha value is -11.6. The van der Waals surface area contributed by atoms with Crippen molar-refractivity contribution in [2.75, 3.05) is 48.4 Å². The Morgan fingerprint density at radius 1 is 0.425 bits per heavy atom. The number of aryl methyl sites for hydroxylation is 4. The van der Waals surface area contributed by atoms with E-state index in [-0.39, 0.29) is 15.7 Å². The van der Waals surface area contributed by atoms with Crippen molar-refractivity contribution >= 4 is 100 Å². The van der Waals surface area contributed by atoms with Gasteiger partial charge in [-0.1, -0.05) is 89.4 Å². The van der Waals surface area contributed by atoms with Gasteiger partial charge in [0.15, 0.2) is 17.6 Å². The highest BCUT2D eigenvalue weighted by Gasteiger charge is 2.25. The molecule has 0 atom stereocenters. The molecule has 14 rings (SSSR count). The third-order valence-electron chi connectivity index (χ3n) is 16.6. The van der Waals surface area contributed by atoms with Crippen LogP contribution in [-0.2, 0) is 65.0 Å². The summed E-state index contributed by atoms with van der Waals surface area (Å²) in [5.41, 5.74) is 17.2. The first kappa shape index (κ1) is 75.6. The minimum Gasteiger partial charge on any atom is -0.481 e. The fourth-order valence-electron chi connectivity index (χ4n) is 11.3. The van der Waals surface area contributed by atoms with Crippen molar-refractivity contribution in [1.82, 2.24) is 57.8 Å². The van der Waals surface area contributed by atoms with E-state index in [0.29, 0.717) is 110 Å². The second-order valence-electron chi connectivity index (χ2n) is 23.5. The number of fused-ring (bicyclic) bond motifs is 3. The smallest absolute Gasteiger partial charge is 0.269 e. The fourth-order valence-corrected chi connectivity index (χ4v) is 14.5. The van der Waals surface area contributed by atoms with Gasteiger partial charge < -0.3 is 39.1 Å². The lowest BCUT2D eigenvalue weighted by molar-refractivity contribution is 0.111. The van der Waals surface area contributed by atoms with Gasteiger partial charge in [-0.05, 0) is 138 Å². The van der Waals surface area contributed by atoms with Crippen LogP contribution >= 0.6 is 34.8 Å². The molecule has 0 aliphatic rings. The number of methoxy groups -OCH3 is 6. The van der Waals surface area contributed by atoms with E-state index in [1.165, 1.54) is 34.6 Å². The molecular weight excluding hydrogens is 1450 g/mol. The first-order valence-corrected chi connectivity index (χ1v) is 36.6. The van der Waals surface area contributed by atoms with E-state index in [0.717, 1.165) is 86.2 Å². The van der Waals surface area contributed by atoms with Crippen molar-refractivity contribution in [3.63, 3.8) is 0 Å². The number of anilines is 1. The van der Waals surface area contributed by atoms with Crippen LogP contribution in [0.3, 0.4) is 0 Å². The molecule has 0 saturated heterocycles. The molecule has 0 amide bonds. The first-order valence-electron chi connectivity index (χ1n) is 32.6. The third-order valence-corrected chi connectivity index (χ3v) is 20.6. The van der Waals surface area contributed by atoms with Gasteiger partial charge in [-0.25, -0.2) is 44.7 Å². The van der Waals surface area contributed by atoms with Gasteiger partial charge in [-0.2, -0.15) is 15.0 Å². The van der Waals surface area contributed by atoms with E-state index in [9.17, 15) is 21.6 Å². The van der Waals surface area contributed by atoms with Crippen LogP contribution in [0, 0.1) is 0 Å². The van der Waals surface area contributed by atoms with Crippen LogP contribution in [-0.4, -0.2) is 124 Å². The summed E-state index contributed by atoms with van der Waals surface area (Å²) < 4.78 is 86.1. The highest BCUT2D eigenvalue weighted by atomic mass is 35.5. The number of nitrogens with one attached hydrogen (secondary N) is 1. The maximum Gasteiger partial charge on any atom is 0.269 e. The Morgan fingerprint density at radius 2 is 0.840 bits per heavy atom. The Balaban J connectivity index is 0.000000149. The molecule has 24 nitrogen and oxygen atoms in total. The summed E-state index contributed by atoms with van der Waals surface area (Å²) >= 11 is 18.4. The number of carbonyl (C=O) groups is 1. The molecule has 0 spiro atoms. The zero-order chi connectivity index (χ0) is 74.9. The number of aromatic amines is 1. The summed E-state index contributed by atoms with van der Waals surface area (Å²) in [6, 6.07) is 44.4. The van der Waals surface area contributed by atoms with Crippen LogP contribution < -0.4 is 34.2 Å². The van der Waals surface area contributed by atoms with E-state index in [1.807, 2.05) is 67.1 Å². The standard InChI is InChI=1S/C28H25ClN4O4S.C22H21ClN4O2.C19H15ClN4O2S.C8H9NO3/c1-36-26-13-10-20(28(32-26)37-2)9-12-23-11-8-19(16-30-23)14-21-18-33(27-25(21)15-22(29)17-31-27)38(34,35)24-6-4-3-5-7-24;1-28-20-8-5-15(22(27-20)29-2)4-7-18-6-3-14(11-24-18)9-16-12-25-21-19(16)10-17(23)13-26-21;20-15-9-17-14(8-13-6-7-18(21)22-10-13)12-24(19(17)23-11-15)27(25,26)16-4-2-1-3-5-16;1-11-7-4-3-6(5-10)8(9-7)12-2/h3-8,10-11,13,15-18H,9,12,14H2,1-2H3;3,5-6,8,10-13H,4,7,9H2,1-2H3,(H,25,26);1-7,9-12H,8H2,(H2,21,22);3-5H,1-2H3. The molecule has 0 aliphatic carbocycles. The second-order valence-corrected chi connectivity index (χ2v) is 28.4. The molecule has 106 heavy (non-hydrogen) atoms. The second kappa shape index (κ2) is 34.8. The van der Waals surface area contributed by atoms with E-state index < -0.39 is 20.0 Å². The molecule has 0 unspecified atom stereocenters. The van der Waals surface area contributed by atoms with Gasteiger partial charge in [-0.3, -0.25) is 14.8 Å². The van der Waals surface area contributed by atoms with E-state index >= 15 is 0 Å². The average Bonchev–Trinajstić information content (AvgIpc) is 1.63.